The van der Waals surface area contributed by atoms with Gasteiger partial charge in [0, 0.05) is 0 Å². The predicted octanol–water partition coefficient (Wildman–Crippen LogP) is 6.70. The van der Waals surface area contributed by atoms with Crippen molar-refractivity contribution in [2.75, 3.05) is 4.90 Å². The smallest absolute Gasteiger partial charge is 0.415 e. The fourth-order valence-electron chi connectivity index (χ4n) is 3.70. The summed E-state index contributed by atoms with van der Waals surface area (Å²) in [4.78, 5) is 14.4. The van der Waals surface area contributed by atoms with E-state index in [9.17, 15) is 18.0 Å². The van der Waals surface area contributed by atoms with E-state index in [-0.39, 0.29) is 16.8 Å². The third-order valence-corrected chi connectivity index (χ3v) is 5.81. The van der Waals surface area contributed by atoms with Crippen LogP contribution in [0.1, 0.15) is 29.2 Å². The lowest BCUT2D eigenvalue weighted by Gasteiger charge is -2.37. The molecular weight excluding hydrogens is 459 g/mol. The molecule has 0 saturated carbocycles. The van der Waals surface area contributed by atoms with Crippen LogP contribution in [-0.2, 0) is 17.8 Å². The van der Waals surface area contributed by atoms with Gasteiger partial charge in [-0.3, -0.25) is 4.90 Å². The van der Waals surface area contributed by atoms with Crippen LogP contribution in [0.2, 0.25) is 0 Å². The van der Waals surface area contributed by atoms with Gasteiger partial charge < -0.3 is 4.74 Å². The number of fused-ring (bicyclic) bond motifs is 1. The normalized spacial score (nSPS) is 15.6. The molecule has 0 N–H and O–H groups in total. The fourth-order valence-corrected chi connectivity index (χ4v) is 4.33. The standard InChI is InChI=1S/C23H17BrF3NO2/c24-20-21(27)18(26)12-16-9-10-19(15-7-4-8-17(25)11-15)28(22(16)20)23(29)30-13-14-5-2-1-3-6-14/h1-8,11-12,19H,9-10,13H2. The Morgan fingerprint density at radius 2 is 1.83 bits per heavy atom. The van der Waals surface area contributed by atoms with Crippen molar-refractivity contribution in [2.45, 2.75) is 25.5 Å². The van der Waals surface area contributed by atoms with Gasteiger partial charge in [-0.1, -0.05) is 42.5 Å². The van der Waals surface area contributed by atoms with Crippen molar-refractivity contribution in [3.63, 3.8) is 0 Å². The fraction of sp³-hybridized carbons (Fsp3) is 0.174. The van der Waals surface area contributed by atoms with E-state index in [0.29, 0.717) is 24.0 Å². The number of amides is 1. The molecule has 1 atom stereocenters. The minimum Gasteiger partial charge on any atom is -0.444 e. The van der Waals surface area contributed by atoms with Crippen LogP contribution in [0.5, 0.6) is 0 Å². The number of hydrogen-bond acceptors (Lipinski definition) is 2. The van der Waals surface area contributed by atoms with Crippen LogP contribution in [0.3, 0.4) is 0 Å². The molecule has 1 unspecified atom stereocenters. The van der Waals surface area contributed by atoms with Gasteiger partial charge >= 0.3 is 6.09 Å². The van der Waals surface area contributed by atoms with Crippen molar-refractivity contribution in [1.29, 1.82) is 0 Å². The van der Waals surface area contributed by atoms with E-state index in [0.717, 1.165) is 11.6 Å². The van der Waals surface area contributed by atoms with Crippen LogP contribution < -0.4 is 4.90 Å². The van der Waals surface area contributed by atoms with Gasteiger partial charge in [0.05, 0.1) is 16.2 Å². The minimum absolute atomic E-state index is 0.0165. The first-order valence-electron chi connectivity index (χ1n) is 9.37. The Morgan fingerprint density at radius 3 is 2.57 bits per heavy atom. The molecule has 3 aromatic carbocycles. The van der Waals surface area contributed by atoms with E-state index < -0.39 is 29.6 Å². The van der Waals surface area contributed by atoms with Crippen molar-refractivity contribution >= 4 is 27.7 Å². The number of ether oxygens (including phenoxy) is 1. The van der Waals surface area contributed by atoms with Crippen LogP contribution in [-0.4, -0.2) is 6.09 Å². The summed E-state index contributed by atoms with van der Waals surface area (Å²) in [6.45, 7) is 0.0165. The van der Waals surface area contributed by atoms with E-state index in [1.165, 1.54) is 17.0 Å². The van der Waals surface area contributed by atoms with E-state index in [1.807, 2.05) is 30.3 Å². The topological polar surface area (TPSA) is 29.5 Å². The lowest BCUT2D eigenvalue weighted by atomic mass is 9.91. The molecular formula is C23H17BrF3NO2. The maximum absolute atomic E-state index is 14.3. The average molecular weight is 476 g/mol. The number of carbonyl (C=O) groups is 1. The maximum atomic E-state index is 14.3. The molecule has 1 aliphatic rings. The van der Waals surface area contributed by atoms with Crippen LogP contribution in [0.4, 0.5) is 23.7 Å². The van der Waals surface area contributed by atoms with Crippen LogP contribution >= 0.6 is 15.9 Å². The number of halogens is 4. The predicted molar refractivity (Wildman–Crippen MR) is 111 cm³/mol. The number of anilines is 1. The summed E-state index contributed by atoms with van der Waals surface area (Å²) >= 11 is 3.10. The second-order valence-electron chi connectivity index (χ2n) is 7.01. The molecule has 0 saturated heterocycles. The molecule has 4 rings (SSSR count). The third-order valence-electron chi connectivity index (χ3n) is 5.09. The summed E-state index contributed by atoms with van der Waals surface area (Å²) in [5.74, 6) is -2.53. The summed E-state index contributed by atoms with van der Waals surface area (Å²) in [6.07, 6.45) is 0.0872. The molecule has 0 aliphatic carbocycles. The molecule has 0 bridgehead atoms. The maximum Gasteiger partial charge on any atom is 0.415 e. The Hall–Kier alpha value is -2.80. The highest BCUT2D eigenvalue weighted by molar-refractivity contribution is 9.10. The molecule has 3 nitrogen and oxygen atoms in total. The Morgan fingerprint density at radius 1 is 1.07 bits per heavy atom. The van der Waals surface area contributed by atoms with Gasteiger partial charge in [-0.05, 0) is 63.7 Å². The molecule has 30 heavy (non-hydrogen) atoms. The van der Waals surface area contributed by atoms with Gasteiger partial charge in [0.25, 0.3) is 0 Å². The molecule has 0 spiro atoms. The summed E-state index contributed by atoms with van der Waals surface area (Å²) in [7, 11) is 0. The number of carbonyl (C=O) groups excluding carboxylic acids is 1. The first-order chi connectivity index (χ1) is 14.5. The Labute approximate surface area is 180 Å². The zero-order chi connectivity index (χ0) is 21.3. The first-order valence-corrected chi connectivity index (χ1v) is 10.2. The van der Waals surface area contributed by atoms with E-state index in [1.54, 1.807) is 12.1 Å². The Balaban J connectivity index is 1.75. The van der Waals surface area contributed by atoms with Gasteiger partial charge in [0.15, 0.2) is 11.6 Å². The number of hydrogen-bond donors (Lipinski definition) is 0. The molecule has 7 heteroatoms. The minimum atomic E-state index is -1.09. The number of aryl methyl sites for hydroxylation is 1. The SMILES string of the molecule is O=C(OCc1ccccc1)N1c2c(cc(F)c(F)c2Br)CCC1c1cccc(F)c1. The number of benzene rings is 3. The van der Waals surface area contributed by atoms with E-state index >= 15 is 0 Å². The summed E-state index contributed by atoms with van der Waals surface area (Å²) in [5.41, 5.74) is 2.02. The van der Waals surface area contributed by atoms with Gasteiger partial charge in [-0.25, -0.2) is 18.0 Å². The lowest BCUT2D eigenvalue weighted by molar-refractivity contribution is 0.143. The zero-order valence-electron chi connectivity index (χ0n) is 15.7. The van der Waals surface area contributed by atoms with Gasteiger partial charge in [0.2, 0.25) is 0 Å². The molecule has 1 amide bonds. The lowest BCUT2D eigenvalue weighted by Crippen LogP contribution is -2.39. The molecule has 154 valence electrons. The van der Waals surface area contributed by atoms with Crippen molar-refractivity contribution in [3.8, 4) is 0 Å². The zero-order valence-corrected chi connectivity index (χ0v) is 17.3. The van der Waals surface area contributed by atoms with Gasteiger partial charge in [-0.2, -0.15) is 0 Å². The largest absolute Gasteiger partial charge is 0.444 e. The van der Waals surface area contributed by atoms with Crippen molar-refractivity contribution in [1.82, 2.24) is 0 Å². The Kier molecular flexibility index (Phi) is 5.81. The number of nitrogens with zero attached hydrogens (tertiary/aromatic N) is 1. The highest BCUT2D eigenvalue weighted by Crippen LogP contribution is 2.44. The monoisotopic (exact) mass is 475 g/mol. The highest BCUT2D eigenvalue weighted by Gasteiger charge is 2.36. The molecule has 0 fully saturated rings. The van der Waals surface area contributed by atoms with E-state index in [4.69, 9.17) is 4.74 Å². The van der Waals surface area contributed by atoms with Crippen LogP contribution in [0.15, 0.2) is 65.1 Å². The summed E-state index contributed by atoms with van der Waals surface area (Å²) < 4.78 is 47.5. The quantitative estimate of drug-likeness (QED) is 0.394. The Bertz CT molecular complexity index is 1090. The first kappa shape index (κ1) is 20.5. The summed E-state index contributed by atoms with van der Waals surface area (Å²) in [6, 6.07) is 15.5. The third kappa shape index (κ3) is 3.94. The molecule has 3 aromatic rings. The van der Waals surface area contributed by atoms with Crippen LogP contribution in [0, 0.1) is 17.5 Å². The van der Waals surface area contributed by atoms with Crippen molar-refractivity contribution in [3.05, 3.63) is 99.3 Å². The highest BCUT2D eigenvalue weighted by atomic mass is 79.9. The molecule has 1 aliphatic heterocycles. The molecule has 0 radical (unpaired) electrons. The van der Waals surface area contributed by atoms with Crippen molar-refractivity contribution < 1.29 is 22.7 Å². The molecule has 0 aromatic heterocycles. The second-order valence-corrected chi connectivity index (χ2v) is 7.81. The second kappa shape index (κ2) is 8.52. The van der Waals surface area contributed by atoms with Gasteiger partial charge in [-0.15, -0.1) is 0 Å². The van der Waals surface area contributed by atoms with Crippen LogP contribution in [0.25, 0.3) is 0 Å². The van der Waals surface area contributed by atoms with Gasteiger partial charge in [0.1, 0.15) is 12.4 Å². The van der Waals surface area contributed by atoms with Crippen molar-refractivity contribution in [2.24, 2.45) is 0 Å². The summed E-state index contributed by atoms with van der Waals surface area (Å²) in [5, 5.41) is 0. The average Bonchev–Trinajstić information content (AvgIpc) is 2.76. The molecule has 1 heterocycles. The number of rotatable bonds is 3. The van der Waals surface area contributed by atoms with E-state index in [2.05, 4.69) is 15.9 Å².